The third-order valence-corrected chi connectivity index (χ3v) is 5.67. The molecule has 0 bridgehead atoms. The zero-order chi connectivity index (χ0) is 15.1. The van der Waals surface area contributed by atoms with Crippen LogP contribution in [0.1, 0.15) is 48.8 Å². The lowest BCUT2D eigenvalue weighted by molar-refractivity contribution is -0.120. The van der Waals surface area contributed by atoms with Crippen LogP contribution in [0.3, 0.4) is 0 Å². The van der Waals surface area contributed by atoms with Gasteiger partial charge in [-0.3, -0.25) is 4.79 Å². The van der Waals surface area contributed by atoms with Gasteiger partial charge in [0.2, 0.25) is 5.91 Å². The lowest BCUT2D eigenvalue weighted by Gasteiger charge is -2.09. The Balaban J connectivity index is 1.59. The van der Waals surface area contributed by atoms with E-state index in [0.29, 0.717) is 6.42 Å². The molecule has 0 unspecified atom stereocenters. The van der Waals surface area contributed by atoms with Crippen LogP contribution in [-0.2, 0) is 11.2 Å². The second-order valence-electron chi connectivity index (χ2n) is 6.05. The Morgan fingerprint density at radius 2 is 2.00 bits per heavy atom. The van der Waals surface area contributed by atoms with E-state index >= 15 is 0 Å². The van der Waals surface area contributed by atoms with E-state index in [4.69, 9.17) is 0 Å². The Bertz CT molecular complexity index is 466. The molecule has 116 valence electrons. The second-order valence-corrected chi connectivity index (χ2v) is 7.45. The number of hydrogen-bond donors (Lipinski definition) is 1. The monoisotopic (exact) mass is 305 g/mol. The van der Waals surface area contributed by atoms with Crippen molar-refractivity contribution in [2.75, 3.05) is 12.3 Å². The third kappa shape index (κ3) is 5.74. The summed E-state index contributed by atoms with van der Waals surface area (Å²) in [4.78, 5) is 11.8. The molecule has 1 aromatic rings. The predicted octanol–water partition coefficient (Wildman–Crippen LogP) is 4.03. The fourth-order valence-electron chi connectivity index (χ4n) is 2.78. The molecule has 1 fully saturated rings. The van der Waals surface area contributed by atoms with Gasteiger partial charge in [0.25, 0.3) is 0 Å². The summed E-state index contributed by atoms with van der Waals surface area (Å²) in [5.41, 5.74) is 3.88. The quantitative estimate of drug-likeness (QED) is 0.771. The Hall–Kier alpha value is -0.960. The summed E-state index contributed by atoms with van der Waals surface area (Å²) in [7, 11) is 0. The first-order chi connectivity index (χ1) is 10.1. The van der Waals surface area contributed by atoms with Gasteiger partial charge in [-0.1, -0.05) is 31.0 Å². The highest BCUT2D eigenvalue weighted by molar-refractivity contribution is 7.99. The Morgan fingerprint density at radius 1 is 1.24 bits per heavy atom. The van der Waals surface area contributed by atoms with E-state index in [0.717, 1.165) is 24.0 Å². The SMILES string of the molecule is Cc1ccc(CCC(=O)NCCSC2CCCC2)cc1C. The molecule has 1 aromatic carbocycles. The van der Waals surface area contributed by atoms with Crippen molar-refractivity contribution in [1.82, 2.24) is 5.32 Å². The number of benzene rings is 1. The third-order valence-electron chi connectivity index (χ3n) is 4.29. The summed E-state index contributed by atoms with van der Waals surface area (Å²) in [6.45, 7) is 5.06. The zero-order valence-electron chi connectivity index (χ0n) is 13.3. The summed E-state index contributed by atoms with van der Waals surface area (Å²) in [6, 6.07) is 6.46. The Labute approximate surface area is 133 Å². The van der Waals surface area contributed by atoms with Crippen LogP contribution < -0.4 is 5.32 Å². The highest BCUT2D eigenvalue weighted by Crippen LogP contribution is 2.28. The minimum absolute atomic E-state index is 0.181. The largest absolute Gasteiger partial charge is 0.355 e. The Morgan fingerprint density at radius 3 is 2.71 bits per heavy atom. The maximum absolute atomic E-state index is 11.8. The molecule has 0 saturated heterocycles. The number of aryl methyl sites for hydroxylation is 3. The van der Waals surface area contributed by atoms with Crippen LogP contribution in [0.15, 0.2) is 18.2 Å². The molecule has 1 N–H and O–H groups in total. The number of rotatable bonds is 7. The van der Waals surface area contributed by atoms with Crippen molar-refractivity contribution < 1.29 is 4.79 Å². The molecule has 2 nitrogen and oxygen atoms in total. The molecular weight excluding hydrogens is 278 g/mol. The second kappa shape index (κ2) is 8.47. The van der Waals surface area contributed by atoms with Crippen molar-refractivity contribution in [2.24, 2.45) is 0 Å². The summed E-state index contributed by atoms with van der Waals surface area (Å²) in [6.07, 6.45) is 6.94. The van der Waals surface area contributed by atoms with Gasteiger partial charge in [0.1, 0.15) is 0 Å². The summed E-state index contributed by atoms with van der Waals surface area (Å²) in [5, 5.41) is 3.89. The number of carbonyl (C=O) groups excluding carboxylic acids is 1. The van der Waals surface area contributed by atoms with E-state index in [9.17, 15) is 4.79 Å². The fraction of sp³-hybridized carbons (Fsp3) is 0.611. The van der Waals surface area contributed by atoms with Crippen LogP contribution in [0.5, 0.6) is 0 Å². The first-order valence-corrected chi connectivity index (χ1v) is 9.14. The average Bonchev–Trinajstić information content (AvgIpc) is 2.98. The van der Waals surface area contributed by atoms with Crippen LogP contribution in [0, 0.1) is 13.8 Å². The number of amides is 1. The van der Waals surface area contributed by atoms with Crippen LogP contribution in [0.2, 0.25) is 0 Å². The lowest BCUT2D eigenvalue weighted by atomic mass is 10.0. The number of thioether (sulfide) groups is 1. The van der Waals surface area contributed by atoms with Crippen LogP contribution in [0.4, 0.5) is 0 Å². The molecule has 0 spiro atoms. The summed E-state index contributed by atoms with van der Waals surface area (Å²) >= 11 is 2.03. The molecule has 1 aliphatic rings. The van der Waals surface area contributed by atoms with Gasteiger partial charge in [0.15, 0.2) is 0 Å². The number of hydrogen-bond acceptors (Lipinski definition) is 2. The highest BCUT2D eigenvalue weighted by atomic mass is 32.2. The van der Waals surface area contributed by atoms with E-state index in [1.807, 2.05) is 11.8 Å². The van der Waals surface area contributed by atoms with E-state index < -0.39 is 0 Å². The normalized spacial score (nSPS) is 15.3. The summed E-state index contributed by atoms with van der Waals surface area (Å²) < 4.78 is 0. The minimum atomic E-state index is 0.181. The van der Waals surface area contributed by atoms with E-state index in [1.54, 1.807) is 0 Å². The Kier molecular flexibility index (Phi) is 6.62. The van der Waals surface area contributed by atoms with E-state index in [-0.39, 0.29) is 5.91 Å². The topological polar surface area (TPSA) is 29.1 Å². The smallest absolute Gasteiger partial charge is 0.220 e. The first-order valence-electron chi connectivity index (χ1n) is 8.09. The molecule has 0 atom stereocenters. The van der Waals surface area contributed by atoms with Crippen molar-refractivity contribution in [3.63, 3.8) is 0 Å². The van der Waals surface area contributed by atoms with Gasteiger partial charge in [-0.05, 0) is 49.8 Å². The van der Waals surface area contributed by atoms with Crippen molar-refractivity contribution in [3.05, 3.63) is 34.9 Å². The van der Waals surface area contributed by atoms with Crippen LogP contribution in [-0.4, -0.2) is 23.5 Å². The van der Waals surface area contributed by atoms with Gasteiger partial charge in [0.05, 0.1) is 0 Å². The van der Waals surface area contributed by atoms with Crippen LogP contribution >= 0.6 is 11.8 Å². The maximum atomic E-state index is 11.8. The molecular formula is C18H27NOS. The van der Waals surface area contributed by atoms with E-state index in [1.165, 1.54) is 42.4 Å². The molecule has 0 aliphatic heterocycles. The standard InChI is InChI=1S/C18H27NOS/c1-14-7-8-16(13-15(14)2)9-10-18(20)19-11-12-21-17-5-3-4-6-17/h7-8,13,17H,3-6,9-12H2,1-2H3,(H,19,20). The van der Waals surface area contributed by atoms with Crippen molar-refractivity contribution in [1.29, 1.82) is 0 Å². The van der Waals surface area contributed by atoms with Crippen molar-refractivity contribution in [3.8, 4) is 0 Å². The minimum Gasteiger partial charge on any atom is -0.355 e. The average molecular weight is 305 g/mol. The molecule has 1 amide bonds. The van der Waals surface area contributed by atoms with Gasteiger partial charge < -0.3 is 5.32 Å². The molecule has 0 radical (unpaired) electrons. The molecule has 3 heteroatoms. The zero-order valence-corrected chi connectivity index (χ0v) is 14.1. The summed E-state index contributed by atoms with van der Waals surface area (Å²) in [5.74, 6) is 1.24. The molecule has 1 aliphatic carbocycles. The van der Waals surface area contributed by atoms with Gasteiger partial charge >= 0.3 is 0 Å². The van der Waals surface area contributed by atoms with Gasteiger partial charge in [-0.25, -0.2) is 0 Å². The van der Waals surface area contributed by atoms with Crippen LogP contribution in [0.25, 0.3) is 0 Å². The van der Waals surface area contributed by atoms with Gasteiger partial charge in [0, 0.05) is 24.0 Å². The van der Waals surface area contributed by atoms with E-state index in [2.05, 4.69) is 37.4 Å². The molecule has 21 heavy (non-hydrogen) atoms. The van der Waals surface area contributed by atoms with Gasteiger partial charge in [-0.2, -0.15) is 11.8 Å². The molecule has 0 aromatic heterocycles. The highest BCUT2D eigenvalue weighted by Gasteiger charge is 2.14. The molecule has 2 rings (SSSR count). The first kappa shape index (κ1) is 16.4. The van der Waals surface area contributed by atoms with Gasteiger partial charge in [-0.15, -0.1) is 0 Å². The maximum Gasteiger partial charge on any atom is 0.220 e. The predicted molar refractivity (Wildman–Crippen MR) is 92.0 cm³/mol. The fourth-order valence-corrected chi connectivity index (χ4v) is 4.00. The molecule has 1 saturated carbocycles. The number of carbonyl (C=O) groups is 1. The molecule has 0 heterocycles. The van der Waals surface area contributed by atoms with Crippen molar-refractivity contribution >= 4 is 17.7 Å². The lowest BCUT2D eigenvalue weighted by Crippen LogP contribution is -2.26. The van der Waals surface area contributed by atoms with Crippen molar-refractivity contribution in [2.45, 2.75) is 57.6 Å². The number of nitrogens with one attached hydrogen (secondary N) is 1.